The van der Waals surface area contributed by atoms with Gasteiger partial charge in [-0.25, -0.2) is 9.97 Å². The number of aromatic nitrogens is 3. The van der Waals surface area contributed by atoms with E-state index in [1.807, 2.05) is 19.1 Å². The average molecular weight is 318 g/mol. The van der Waals surface area contributed by atoms with Gasteiger partial charge in [-0.1, -0.05) is 6.42 Å². The molecule has 1 aromatic carbocycles. The first-order chi connectivity index (χ1) is 11.7. The molecule has 0 radical (unpaired) electrons. The van der Waals surface area contributed by atoms with Crippen molar-refractivity contribution in [3.63, 3.8) is 0 Å². The smallest absolute Gasteiger partial charge is 0.228 e. The van der Waals surface area contributed by atoms with Crippen LogP contribution in [0.1, 0.15) is 42.3 Å². The number of nitrogens with zero attached hydrogens (tertiary/aromatic N) is 3. The average Bonchev–Trinajstić information content (AvgIpc) is 3.03. The summed E-state index contributed by atoms with van der Waals surface area (Å²) in [5, 5.41) is 2.90. The summed E-state index contributed by atoms with van der Waals surface area (Å²) in [5.41, 5.74) is 5.86. The van der Waals surface area contributed by atoms with E-state index in [0.29, 0.717) is 12.3 Å². The lowest BCUT2D eigenvalue weighted by Gasteiger charge is -2.25. The Balaban J connectivity index is 1.74. The standard InChI is InChI=1S/C19H18N4O/c1-11-5-7-16-19(20-11)23(18(22-16)12-3-2-4-12)14-6-8-15-13(9-14)10-17(24)21-15/h5-9,12H,2-4,10H2,1H3,(H,21,24). The van der Waals surface area contributed by atoms with E-state index in [1.165, 1.54) is 19.3 Å². The number of rotatable bonds is 2. The zero-order chi connectivity index (χ0) is 16.3. The molecule has 24 heavy (non-hydrogen) atoms. The van der Waals surface area contributed by atoms with E-state index in [4.69, 9.17) is 9.97 Å². The molecule has 120 valence electrons. The molecule has 1 aliphatic carbocycles. The van der Waals surface area contributed by atoms with Crippen LogP contribution in [0.15, 0.2) is 30.3 Å². The fraction of sp³-hybridized carbons (Fsp3) is 0.316. The second-order valence-corrected chi connectivity index (χ2v) is 6.80. The van der Waals surface area contributed by atoms with Crippen LogP contribution in [0.25, 0.3) is 16.9 Å². The normalized spacial score (nSPS) is 17.0. The Bertz CT molecular complexity index is 984. The zero-order valence-corrected chi connectivity index (χ0v) is 13.5. The number of pyridine rings is 1. The van der Waals surface area contributed by atoms with Crippen molar-refractivity contribution in [2.24, 2.45) is 0 Å². The van der Waals surface area contributed by atoms with Crippen LogP contribution < -0.4 is 5.32 Å². The number of benzene rings is 1. The van der Waals surface area contributed by atoms with Crippen LogP contribution in [0.4, 0.5) is 5.69 Å². The van der Waals surface area contributed by atoms with Crippen LogP contribution in [-0.4, -0.2) is 20.4 Å². The number of nitrogens with one attached hydrogen (secondary N) is 1. The quantitative estimate of drug-likeness (QED) is 0.787. The maximum Gasteiger partial charge on any atom is 0.228 e. The van der Waals surface area contributed by atoms with Crippen molar-refractivity contribution in [1.82, 2.24) is 14.5 Å². The molecule has 0 unspecified atom stereocenters. The molecule has 1 aliphatic heterocycles. The van der Waals surface area contributed by atoms with Crippen molar-refractivity contribution in [1.29, 1.82) is 0 Å². The van der Waals surface area contributed by atoms with Crippen molar-refractivity contribution in [3.05, 3.63) is 47.4 Å². The highest BCUT2D eigenvalue weighted by Crippen LogP contribution is 2.39. The van der Waals surface area contributed by atoms with Crippen molar-refractivity contribution < 1.29 is 4.79 Å². The predicted octanol–water partition coefficient (Wildman–Crippen LogP) is 3.49. The number of carbonyl (C=O) groups excluding carboxylic acids is 1. The van der Waals surface area contributed by atoms with E-state index in [2.05, 4.69) is 28.1 Å². The fourth-order valence-electron chi connectivity index (χ4n) is 3.62. The molecule has 0 atom stereocenters. The molecular weight excluding hydrogens is 300 g/mol. The van der Waals surface area contributed by atoms with Crippen LogP contribution >= 0.6 is 0 Å². The van der Waals surface area contributed by atoms with Gasteiger partial charge in [-0.05, 0) is 55.7 Å². The summed E-state index contributed by atoms with van der Waals surface area (Å²) in [5.74, 6) is 1.67. The molecule has 5 rings (SSSR count). The fourth-order valence-corrected chi connectivity index (χ4v) is 3.62. The molecule has 1 amide bonds. The van der Waals surface area contributed by atoms with E-state index < -0.39 is 0 Å². The van der Waals surface area contributed by atoms with Gasteiger partial charge in [0.2, 0.25) is 5.91 Å². The Hall–Kier alpha value is -2.69. The number of imidazole rings is 1. The summed E-state index contributed by atoms with van der Waals surface area (Å²) in [7, 11) is 0. The van der Waals surface area contributed by atoms with Crippen molar-refractivity contribution in [3.8, 4) is 5.69 Å². The lowest BCUT2D eigenvalue weighted by atomic mass is 9.85. The molecule has 5 heteroatoms. The van der Waals surface area contributed by atoms with Gasteiger partial charge in [-0.15, -0.1) is 0 Å². The third-order valence-electron chi connectivity index (χ3n) is 5.11. The monoisotopic (exact) mass is 318 g/mol. The molecule has 5 nitrogen and oxygen atoms in total. The molecular formula is C19H18N4O. The van der Waals surface area contributed by atoms with Crippen LogP contribution in [0.2, 0.25) is 0 Å². The van der Waals surface area contributed by atoms with Crippen molar-refractivity contribution in [2.75, 3.05) is 5.32 Å². The minimum absolute atomic E-state index is 0.0609. The molecule has 0 saturated heterocycles. The lowest BCUT2D eigenvalue weighted by molar-refractivity contribution is -0.115. The summed E-state index contributed by atoms with van der Waals surface area (Å²) in [6, 6.07) is 10.2. The summed E-state index contributed by atoms with van der Waals surface area (Å²) in [6.07, 6.45) is 4.09. The van der Waals surface area contributed by atoms with E-state index >= 15 is 0 Å². The maximum atomic E-state index is 11.6. The third-order valence-corrected chi connectivity index (χ3v) is 5.11. The van der Waals surface area contributed by atoms with Gasteiger partial charge in [0.05, 0.1) is 6.42 Å². The van der Waals surface area contributed by atoms with Crippen LogP contribution in [0.3, 0.4) is 0 Å². The van der Waals surface area contributed by atoms with Crippen LogP contribution in [-0.2, 0) is 11.2 Å². The van der Waals surface area contributed by atoms with Crippen molar-refractivity contribution >= 4 is 22.8 Å². The molecule has 1 fully saturated rings. The van der Waals surface area contributed by atoms with Gasteiger partial charge < -0.3 is 5.32 Å². The molecule has 3 aromatic rings. The number of amides is 1. The first-order valence-corrected chi connectivity index (χ1v) is 8.48. The molecule has 2 aliphatic rings. The highest BCUT2D eigenvalue weighted by Gasteiger charge is 2.27. The third kappa shape index (κ3) is 1.97. The lowest BCUT2D eigenvalue weighted by Crippen LogP contribution is -2.15. The number of hydrogen-bond donors (Lipinski definition) is 1. The summed E-state index contributed by atoms with van der Waals surface area (Å²) in [4.78, 5) is 21.3. The van der Waals surface area contributed by atoms with Crippen molar-refractivity contribution in [2.45, 2.75) is 38.5 Å². The summed E-state index contributed by atoms with van der Waals surface area (Å²) in [6.45, 7) is 2.01. The van der Waals surface area contributed by atoms with Gasteiger partial charge in [-0.2, -0.15) is 0 Å². The number of carbonyl (C=O) groups is 1. The maximum absolute atomic E-state index is 11.6. The highest BCUT2D eigenvalue weighted by atomic mass is 16.1. The zero-order valence-electron chi connectivity index (χ0n) is 13.5. The van der Waals surface area contributed by atoms with Gasteiger partial charge in [0.25, 0.3) is 0 Å². The summed E-state index contributed by atoms with van der Waals surface area (Å²) < 4.78 is 2.19. The van der Waals surface area contributed by atoms with Gasteiger partial charge in [0, 0.05) is 23.0 Å². The molecule has 0 bridgehead atoms. The Morgan fingerprint density at radius 1 is 1.17 bits per heavy atom. The van der Waals surface area contributed by atoms with Gasteiger partial charge in [0.15, 0.2) is 5.65 Å². The van der Waals surface area contributed by atoms with Gasteiger partial charge >= 0.3 is 0 Å². The van der Waals surface area contributed by atoms with Crippen LogP contribution in [0.5, 0.6) is 0 Å². The molecule has 0 spiro atoms. The topological polar surface area (TPSA) is 59.8 Å². The Labute approximate surface area is 139 Å². The second kappa shape index (κ2) is 4.90. The van der Waals surface area contributed by atoms with E-state index in [0.717, 1.165) is 39.6 Å². The first kappa shape index (κ1) is 13.7. The Kier molecular flexibility index (Phi) is 2.80. The van der Waals surface area contributed by atoms with E-state index in [9.17, 15) is 4.79 Å². The molecule has 3 heterocycles. The van der Waals surface area contributed by atoms with E-state index in [1.54, 1.807) is 0 Å². The van der Waals surface area contributed by atoms with Crippen LogP contribution in [0, 0.1) is 6.92 Å². The number of fused-ring (bicyclic) bond motifs is 2. The van der Waals surface area contributed by atoms with E-state index in [-0.39, 0.29) is 5.91 Å². The Morgan fingerprint density at radius 2 is 2.04 bits per heavy atom. The first-order valence-electron chi connectivity index (χ1n) is 8.48. The number of aryl methyl sites for hydroxylation is 1. The number of anilines is 1. The molecule has 1 N–H and O–H groups in total. The van der Waals surface area contributed by atoms with Gasteiger partial charge in [-0.3, -0.25) is 9.36 Å². The SMILES string of the molecule is Cc1ccc2nc(C3CCC3)n(-c3ccc4c(c3)CC(=O)N4)c2n1. The summed E-state index contributed by atoms with van der Waals surface area (Å²) >= 11 is 0. The predicted molar refractivity (Wildman–Crippen MR) is 92.5 cm³/mol. The minimum Gasteiger partial charge on any atom is -0.326 e. The second-order valence-electron chi connectivity index (χ2n) is 6.80. The Morgan fingerprint density at radius 3 is 2.83 bits per heavy atom. The highest BCUT2D eigenvalue weighted by molar-refractivity contribution is 5.99. The molecule has 1 saturated carbocycles. The largest absolute Gasteiger partial charge is 0.326 e. The molecule has 2 aromatic heterocycles. The van der Waals surface area contributed by atoms with Gasteiger partial charge in [0.1, 0.15) is 11.3 Å². The minimum atomic E-state index is 0.0609. The number of hydrogen-bond acceptors (Lipinski definition) is 3.